The van der Waals surface area contributed by atoms with Crippen molar-refractivity contribution in [1.82, 2.24) is 0 Å². The fourth-order valence-electron chi connectivity index (χ4n) is 1.59. The van der Waals surface area contributed by atoms with Crippen LogP contribution in [0.3, 0.4) is 0 Å². The Morgan fingerprint density at radius 1 is 1.35 bits per heavy atom. The highest BCUT2D eigenvalue weighted by molar-refractivity contribution is 6.36. The van der Waals surface area contributed by atoms with Gasteiger partial charge in [0.2, 0.25) is 0 Å². The van der Waals surface area contributed by atoms with Crippen molar-refractivity contribution >= 4 is 46.8 Å². The van der Waals surface area contributed by atoms with Crippen LogP contribution >= 0.6 is 23.2 Å². The molecule has 7 nitrogen and oxygen atoms in total. The molecule has 2 rings (SSSR count). The molecule has 0 saturated carbocycles. The standard InChI is InChI=1S/C14H7Cl2N3O4/c15-9-1-3-11(16)12(6-9)18-14(20)8(7-17)5-10-2-4-13(23-10)19(21)22/h1-6H,(H,18,20)/b8-5+. The van der Waals surface area contributed by atoms with E-state index in [1.54, 1.807) is 12.1 Å². The summed E-state index contributed by atoms with van der Waals surface area (Å²) >= 11 is 11.7. The number of amides is 1. The predicted octanol–water partition coefficient (Wildman–Crippen LogP) is 4.04. The van der Waals surface area contributed by atoms with Crippen molar-refractivity contribution < 1.29 is 14.1 Å². The molecule has 0 aliphatic carbocycles. The Labute approximate surface area is 139 Å². The van der Waals surface area contributed by atoms with E-state index in [-0.39, 0.29) is 22.0 Å². The second kappa shape index (κ2) is 6.96. The number of anilines is 1. The van der Waals surface area contributed by atoms with Crippen molar-refractivity contribution in [2.45, 2.75) is 0 Å². The summed E-state index contributed by atoms with van der Waals surface area (Å²) in [5.74, 6) is -1.25. The Morgan fingerprint density at radius 3 is 2.70 bits per heavy atom. The smallest absolute Gasteiger partial charge is 0.401 e. The molecule has 0 aliphatic heterocycles. The van der Waals surface area contributed by atoms with Gasteiger partial charge in [0, 0.05) is 11.1 Å². The molecule has 1 heterocycles. The van der Waals surface area contributed by atoms with Crippen molar-refractivity contribution in [3.8, 4) is 6.07 Å². The second-order valence-electron chi connectivity index (χ2n) is 4.18. The topological polar surface area (TPSA) is 109 Å². The van der Waals surface area contributed by atoms with Crippen LogP contribution in [0.25, 0.3) is 6.08 Å². The van der Waals surface area contributed by atoms with E-state index in [1.165, 1.54) is 18.2 Å². The zero-order chi connectivity index (χ0) is 17.0. The van der Waals surface area contributed by atoms with Crippen molar-refractivity contribution in [2.24, 2.45) is 0 Å². The van der Waals surface area contributed by atoms with Crippen LogP contribution in [0, 0.1) is 21.4 Å². The molecule has 0 aliphatic rings. The summed E-state index contributed by atoms with van der Waals surface area (Å²) < 4.78 is 4.87. The highest BCUT2D eigenvalue weighted by Gasteiger charge is 2.15. The van der Waals surface area contributed by atoms with E-state index >= 15 is 0 Å². The van der Waals surface area contributed by atoms with Crippen LogP contribution in [-0.2, 0) is 4.79 Å². The third-order valence-corrected chi connectivity index (χ3v) is 3.19. The fraction of sp³-hybridized carbons (Fsp3) is 0. The molecular weight excluding hydrogens is 345 g/mol. The molecule has 0 radical (unpaired) electrons. The van der Waals surface area contributed by atoms with Crippen LogP contribution in [0.15, 0.2) is 40.3 Å². The Balaban J connectivity index is 2.24. The number of carbonyl (C=O) groups is 1. The Kier molecular flexibility index (Phi) is 5.01. The summed E-state index contributed by atoms with van der Waals surface area (Å²) in [5.41, 5.74) is -0.0824. The van der Waals surface area contributed by atoms with E-state index in [0.29, 0.717) is 5.02 Å². The number of hydrogen-bond acceptors (Lipinski definition) is 5. The van der Waals surface area contributed by atoms with E-state index in [1.807, 2.05) is 0 Å². The van der Waals surface area contributed by atoms with E-state index in [4.69, 9.17) is 32.9 Å². The Morgan fingerprint density at radius 2 is 2.09 bits per heavy atom. The number of halogens is 2. The van der Waals surface area contributed by atoms with Gasteiger partial charge < -0.3 is 9.73 Å². The molecule has 1 N–H and O–H groups in total. The summed E-state index contributed by atoms with van der Waals surface area (Å²) in [5, 5.41) is 22.6. The zero-order valence-corrected chi connectivity index (χ0v) is 12.8. The molecule has 116 valence electrons. The average molecular weight is 352 g/mol. The SMILES string of the molecule is N#C/C(=C\c1ccc([N+](=O)[O-])o1)C(=O)Nc1cc(Cl)ccc1Cl. The van der Waals surface area contributed by atoms with Crippen LogP contribution < -0.4 is 5.32 Å². The van der Waals surface area contributed by atoms with Crippen LogP contribution in [0.2, 0.25) is 10.0 Å². The van der Waals surface area contributed by atoms with E-state index in [2.05, 4.69) is 5.32 Å². The first-order chi connectivity index (χ1) is 10.9. The van der Waals surface area contributed by atoms with Gasteiger partial charge in [0.1, 0.15) is 22.3 Å². The van der Waals surface area contributed by atoms with E-state index in [9.17, 15) is 14.9 Å². The first-order valence-electron chi connectivity index (χ1n) is 6.03. The maximum atomic E-state index is 12.1. The highest BCUT2D eigenvalue weighted by atomic mass is 35.5. The highest BCUT2D eigenvalue weighted by Crippen LogP contribution is 2.26. The summed E-state index contributed by atoms with van der Waals surface area (Å²) in [6.07, 6.45) is 1.08. The summed E-state index contributed by atoms with van der Waals surface area (Å²) in [4.78, 5) is 21.9. The molecular formula is C14H7Cl2N3O4. The fourth-order valence-corrected chi connectivity index (χ4v) is 1.93. The lowest BCUT2D eigenvalue weighted by Crippen LogP contribution is -2.13. The zero-order valence-electron chi connectivity index (χ0n) is 11.2. The van der Waals surface area contributed by atoms with Gasteiger partial charge in [-0.25, -0.2) is 0 Å². The molecule has 23 heavy (non-hydrogen) atoms. The number of hydrogen-bond donors (Lipinski definition) is 1. The van der Waals surface area contributed by atoms with E-state index < -0.39 is 16.7 Å². The molecule has 0 atom stereocenters. The minimum Gasteiger partial charge on any atom is -0.401 e. The molecule has 0 fully saturated rings. The third-order valence-electron chi connectivity index (χ3n) is 2.62. The lowest BCUT2D eigenvalue weighted by Gasteiger charge is -2.06. The van der Waals surface area contributed by atoms with Gasteiger partial charge in [0.25, 0.3) is 5.91 Å². The minimum absolute atomic E-state index is 0.000547. The maximum absolute atomic E-state index is 12.1. The number of nitriles is 1. The number of nitrogens with one attached hydrogen (secondary N) is 1. The first-order valence-corrected chi connectivity index (χ1v) is 6.78. The van der Waals surface area contributed by atoms with Gasteiger partial charge in [-0.1, -0.05) is 23.2 Å². The summed E-state index contributed by atoms with van der Waals surface area (Å²) in [6, 6.07) is 8.54. The monoisotopic (exact) mass is 351 g/mol. The van der Waals surface area contributed by atoms with Crippen molar-refractivity contribution in [3.63, 3.8) is 0 Å². The maximum Gasteiger partial charge on any atom is 0.433 e. The quantitative estimate of drug-likeness (QED) is 0.386. The second-order valence-corrected chi connectivity index (χ2v) is 5.02. The Bertz CT molecular complexity index is 852. The van der Waals surface area contributed by atoms with Gasteiger partial charge >= 0.3 is 5.88 Å². The van der Waals surface area contributed by atoms with Crippen molar-refractivity contribution in [2.75, 3.05) is 5.32 Å². The van der Waals surface area contributed by atoms with Gasteiger partial charge in [-0.15, -0.1) is 0 Å². The van der Waals surface area contributed by atoms with Gasteiger partial charge in [0.05, 0.1) is 16.8 Å². The van der Waals surface area contributed by atoms with Gasteiger partial charge in [0.15, 0.2) is 0 Å². The van der Waals surface area contributed by atoms with Crippen LogP contribution in [-0.4, -0.2) is 10.8 Å². The van der Waals surface area contributed by atoms with Crippen LogP contribution in [0.5, 0.6) is 0 Å². The normalized spacial score (nSPS) is 10.9. The number of carbonyl (C=O) groups excluding carboxylic acids is 1. The van der Waals surface area contributed by atoms with Crippen molar-refractivity contribution in [1.29, 1.82) is 5.26 Å². The molecule has 2 aromatic rings. The largest absolute Gasteiger partial charge is 0.433 e. The minimum atomic E-state index is -0.754. The molecule has 0 saturated heterocycles. The number of nitrogens with zero attached hydrogens (tertiary/aromatic N) is 2. The molecule has 9 heteroatoms. The molecule has 0 bridgehead atoms. The predicted molar refractivity (Wildman–Crippen MR) is 84.0 cm³/mol. The molecule has 0 spiro atoms. The number of furan rings is 1. The van der Waals surface area contributed by atoms with Crippen molar-refractivity contribution in [3.05, 3.63) is 61.8 Å². The van der Waals surface area contributed by atoms with Gasteiger partial charge in [-0.05, 0) is 24.3 Å². The third kappa shape index (κ3) is 4.10. The molecule has 1 amide bonds. The molecule has 0 unspecified atom stereocenters. The Hall–Kier alpha value is -2.82. The van der Waals surface area contributed by atoms with Crippen LogP contribution in [0.4, 0.5) is 11.6 Å². The average Bonchev–Trinajstić information content (AvgIpc) is 2.97. The lowest BCUT2D eigenvalue weighted by molar-refractivity contribution is -0.402. The number of benzene rings is 1. The number of rotatable bonds is 4. The van der Waals surface area contributed by atoms with Gasteiger partial charge in [-0.3, -0.25) is 14.9 Å². The van der Waals surface area contributed by atoms with E-state index in [0.717, 1.165) is 12.1 Å². The molecule has 1 aromatic carbocycles. The van der Waals surface area contributed by atoms with Gasteiger partial charge in [-0.2, -0.15) is 5.26 Å². The lowest BCUT2D eigenvalue weighted by atomic mass is 10.2. The molecule has 1 aromatic heterocycles. The van der Waals surface area contributed by atoms with Crippen LogP contribution in [0.1, 0.15) is 5.76 Å². The first kappa shape index (κ1) is 16.5. The number of nitro groups is 1. The summed E-state index contributed by atoms with van der Waals surface area (Å²) in [7, 11) is 0. The summed E-state index contributed by atoms with van der Waals surface area (Å²) in [6.45, 7) is 0.